The first-order valence-electron chi connectivity index (χ1n) is 3.53. The molecule has 0 heterocycles. The van der Waals surface area contributed by atoms with Crippen LogP contribution in [-0.2, 0) is 0 Å². The number of nitrogens with two attached hydrogens (primary N) is 1. The molecule has 1 heteroatoms. The highest BCUT2D eigenvalue weighted by atomic mass is 14.6. The molecule has 1 aliphatic carbocycles. The third-order valence-electron chi connectivity index (χ3n) is 2.14. The summed E-state index contributed by atoms with van der Waals surface area (Å²) in [5.74, 6) is 1.80. The molecule has 1 saturated carbocycles. The topological polar surface area (TPSA) is 26.0 Å². The smallest absolute Gasteiger partial charge is 0.00488 e. The summed E-state index contributed by atoms with van der Waals surface area (Å²) in [6, 6.07) is 0. The maximum atomic E-state index is 5.50. The molecule has 1 aliphatic rings. The summed E-state index contributed by atoms with van der Waals surface area (Å²) in [6.45, 7) is 3.22. The third-order valence-corrected chi connectivity index (χ3v) is 2.14. The van der Waals surface area contributed by atoms with Crippen molar-refractivity contribution in [1.82, 2.24) is 0 Å². The average Bonchev–Trinajstić information content (AvgIpc) is 2.14. The summed E-state index contributed by atoms with van der Waals surface area (Å²) < 4.78 is 0. The van der Waals surface area contributed by atoms with Gasteiger partial charge in [-0.1, -0.05) is 13.3 Å². The molecule has 0 aromatic carbocycles. The highest BCUT2D eigenvalue weighted by molar-refractivity contribution is 4.72. The normalized spacial score (nSPS) is 38.2. The van der Waals surface area contributed by atoms with Crippen LogP contribution in [0.5, 0.6) is 0 Å². The van der Waals surface area contributed by atoms with Gasteiger partial charge in [-0.25, -0.2) is 0 Å². The lowest BCUT2D eigenvalue weighted by atomic mass is 10.1. The van der Waals surface area contributed by atoms with Crippen molar-refractivity contribution in [3.05, 3.63) is 0 Å². The summed E-state index contributed by atoms with van der Waals surface area (Å²) in [5, 5.41) is 0. The van der Waals surface area contributed by atoms with Crippen LogP contribution in [0.15, 0.2) is 0 Å². The van der Waals surface area contributed by atoms with E-state index < -0.39 is 0 Å². The first kappa shape index (κ1) is 6.09. The molecule has 0 bridgehead atoms. The van der Waals surface area contributed by atoms with Crippen LogP contribution in [0.2, 0.25) is 0 Å². The van der Waals surface area contributed by atoms with E-state index >= 15 is 0 Å². The second-order valence-electron chi connectivity index (χ2n) is 3.02. The second-order valence-corrected chi connectivity index (χ2v) is 3.02. The molecule has 2 atom stereocenters. The van der Waals surface area contributed by atoms with Gasteiger partial charge in [0.05, 0.1) is 0 Å². The van der Waals surface area contributed by atoms with Crippen molar-refractivity contribution in [2.45, 2.75) is 26.2 Å². The summed E-state index contributed by atoms with van der Waals surface area (Å²) >= 11 is 0. The fourth-order valence-corrected chi connectivity index (χ4v) is 1.54. The Morgan fingerprint density at radius 1 is 1.50 bits per heavy atom. The van der Waals surface area contributed by atoms with Crippen molar-refractivity contribution >= 4 is 0 Å². The first-order chi connectivity index (χ1) is 3.83. The van der Waals surface area contributed by atoms with Crippen molar-refractivity contribution in [2.24, 2.45) is 17.6 Å². The van der Waals surface area contributed by atoms with E-state index in [4.69, 9.17) is 5.73 Å². The Morgan fingerprint density at radius 3 is 2.50 bits per heavy atom. The Balaban J connectivity index is 2.22. The van der Waals surface area contributed by atoms with Crippen molar-refractivity contribution in [3.63, 3.8) is 0 Å². The Kier molecular flexibility index (Phi) is 1.90. The van der Waals surface area contributed by atoms with E-state index in [0.29, 0.717) is 0 Å². The second kappa shape index (κ2) is 2.49. The molecule has 0 radical (unpaired) electrons. The van der Waals surface area contributed by atoms with Crippen LogP contribution in [0, 0.1) is 11.8 Å². The maximum Gasteiger partial charge on any atom is -0.00488 e. The van der Waals surface area contributed by atoms with Crippen molar-refractivity contribution in [2.75, 3.05) is 6.54 Å². The fourth-order valence-electron chi connectivity index (χ4n) is 1.54. The SMILES string of the molecule is C[C@H]1CC[C@@H](CN)C1. The summed E-state index contributed by atoms with van der Waals surface area (Å²) in [7, 11) is 0. The molecule has 1 rings (SSSR count). The molecule has 0 unspecified atom stereocenters. The van der Waals surface area contributed by atoms with Crippen LogP contribution in [0.1, 0.15) is 26.2 Å². The van der Waals surface area contributed by atoms with E-state index in [9.17, 15) is 0 Å². The van der Waals surface area contributed by atoms with E-state index in [0.717, 1.165) is 18.4 Å². The van der Waals surface area contributed by atoms with Gasteiger partial charge in [0.2, 0.25) is 0 Å². The van der Waals surface area contributed by atoms with E-state index in [1.807, 2.05) is 0 Å². The van der Waals surface area contributed by atoms with Gasteiger partial charge in [0.25, 0.3) is 0 Å². The van der Waals surface area contributed by atoms with Crippen LogP contribution in [0.3, 0.4) is 0 Å². The van der Waals surface area contributed by atoms with Gasteiger partial charge in [0, 0.05) is 0 Å². The molecule has 0 aromatic rings. The van der Waals surface area contributed by atoms with Gasteiger partial charge in [-0.15, -0.1) is 0 Å². The summed E-state index contributed by atoms with van der Waals surface area (Å²) in [5.41, 5.74) is 5.50. The first-order valence-corrected chi connectivity index (χ1v) is 3.53. The van der Waals surface area contributed by atoms with Gasteiger partial charge < -0.3 is 5.73 Å². The molecule has 0 aliphatic heterocycles. The molecule has 0 saturated heterocycles. The largest absolute Gasteiger partial charge is 0.330 e. The molecular weight excluding hydrogens is 98.1 g/mol. The minimum atomic E-state index is 0.852. The predicted molar refractivity (Wildman–Crippen MR) is 35.6 cm³/mol. The van der Waals surface area contributed by atoms with Crippen molar-refractivity contribution in [1.29, 1.82) is 0 Å². The molecule has 1 fully saturated rings. The van der Waals surface area contributed by atoms with Crippen LogP contribution in [-0.4, -0.2) is 6.54 Å². The fraction of sp³-hybridized carbons (Fsp3) is 1.00. The third kappa shape index (κ3) is 1.22. The van der Waals surface area contributed by atoms with Gasteiger partial charge in [-0.3, -0.25) is 0 Å². The quantitative estimate of drug-likeness (QED) is 0.546. The zero-order chi connectivity index (χ0) is 5.98. The molecule has 1 nitrogen and oxygen atoms in total. The molecular formula is C7H15N. The molecule has 0 spiro atoms. The Hall–Kier alpha value is -0.0400. The molecule has 0 amide bonds. The molecule has 8 heavy (non-hydrogen) atoms. The Morgan fingerprint density at radius 2 is 2.25 bits per heavy atom. The summed E-state index contributed by atoms with van der Waals surface area (Å²) in [4.78, 5) is 0. The van der Waals surface area contributed by atoms with Gasteiger partial charge >= 0.3 is 0 Å². The lowest BCUT2D eigenvalue weighted by molar-refractivity contribution is 0.525. The highest BCUT2D eigenvalue weighted by Gasteiger charge is 2.18. The van der Waals surface area contributed by atoms with Gasteiger partial charge in [-0.05, 0) is 31.2 Å². The zero-order valence-corrected chi connectivity index (χ0v) is 5.56. The highest BCUT2D eigenvalue weighted by Crippen LogP contribution is 2.28. The lowest BCUT2D eigenvalue weighted by Gasteiger charge is -2.02. The van der Waals surface area contributed by atoms with Crippen molar-refractivity contribution in [3.8, 4) is 0 Å². The Labute approximate surface area is 51.3 Å². The van der Waals surface area contributed by atoms with Gasteiger partial charge in [0.1, 0.15) is 0 Å². The van der Waals surface area contributed by atoms with E-state index in [1.165, 1.54) is 19.3 Å². The van der Waals surface area contributed by atoms with E-state index in [2.05, 4.69) is 6.92 Å². The van der Waals surface area contributed by atoms with Gasteiger partial charge in [0.15, 0.2) is 0 Å². The van der Waals surface area contributed by atoms with Crippen LogP contribution < -0.4 is 5.73 Å². The van der Waals surface area contributed by atoms with Crippen LogP contribution in [0.25, 0.3) is 0 Å². The predicted octanol–water partition coefficient (Wildman–Crippen LogP) is 1.38. The number of hydrogen-bond donors (Lipinski definition) is 1. The minimum Gasteiger partial charge on any atom is -0.330 e. The van der Waals surface area contributed by atoms with Crippen molar-refractivity contribution < 1.29 is 0 Å². The number of hydrogen-bond acceptors (Lipinski definition) is 1. The average molecular weight is 113 g/mol. The standard InChI is InChI=1S/C7H15N/c1-6-2-3-7(4-6)5-8/h6-7H,2-5,8H2,1H3/t6-,7+/m0/s1. The molecule has 48 valence electrons. The van der Waals surface area contributed by atoms with E-state index in [-0.39, 0.29) is 0 Å². The van der Waals surface area contributed by atoms with Crippen LogP contribution >= 0.6 is 0 Å². The molecule has 2 N–H and O–H groups in total. The van der Waals surface area contributed by atoms with Crippen LogP contribution in [0.4, 0.5) is 0 Å². The van der Waals surface area contributed by atoms with Gasteiger partial charge in [-0.2, -0.15) is 0 Å². The minimum absolute atomic E-state index is 0.852. The monoisotopic (exact) mass is 113 g/mol. The lowest BCUT2D eigenvalue weighted by Crippen LogP contribution is -2.10. The zero-order valence-electron chi connectivity index (χ0n) is 5.56. The maximum absolute atomic E-state index is 5.50. The Bertz CT molecular complexity index is 70.8. The molecule has 0 aromatic heterocycles. The number of rotatable bonds is 1. The summed E-state index contributed by atoms with van der Waals surface area (Å²) in [6.07, 6.45) is 4.15. The van der Waals surface area contributed by atoms with E-state index in [1.54, 1.807) is 0 Å².